The average Bonchev–Trinajstić information content (AvgIpc) is 2.94. The van der Waals surface area contributed by atoms with Crippen LogP contribution in [0.3, 0.4) is 0 Å². The van der Waals surface area contributed by atoms with Gasteiger partial charge in [-0.25, -0.2) is 26.7 Å². The number of ether oxygens (including phenoxy) is 1. The first kappa shape index (κ1) is 18.3. The number of benzene rings is 1. The minimum Gasteiger partial charge on any atom is -0.383 e. The van der Waals surface area contributed by atoms with Crippen molar-refractivity contribution in [2.75, 3.05) is 26.8 Å². The number of nitrogens with one attached hydrogen (secondary N) is 2. The summed E-state index contributed by atoms with van der Waals surface area (Å²) in [5, 5.41) is 8.30. The molecule has 1 saturated heterocycles. The van der Waals surface area contributed by atoms with E-state index in [1.54, 1.807) is 7.11 Å². The van der Waals surface area contributed by atoms with Crippen molar-refractivity contribution in [2.45, 2.75) is 28.2 Å². The average molecular weight is 363 g/mol. The molecule has 0 aromatic heterocycles. The highest BCUT2D eigenvalue weighted by atomic mass is 32.2. The van der Waals surface area contributed by atoms with E-state index in [2.05, 4.69) is 10.0 Å². The molecular weight excluding hydrogens is 342 g/mol. The van der Waals surface area contributed by atoms with Crippen LogP contribution in [0.1, 0.15) is 12.8 Å². The predicted molar refractivity (Wildman–Crippen MR) is 84.8 cm³/mol. The Morgan fingerprint density at radius 1 is 1.30 bits per heavy atom. The summed E-state index contributed by atoms with van der Waals surface area (Å²) < 4.78 is 55.2. The zero-order valence-electron chi connectivity index (χ0n) is 12.8. The first-order valence-electron chi connectivity index (χ1n) is 7.05. The third-order valence-electron chi connectivity index (χ3n) is 3.80. The monoisotopic (exact) mass is 363 g/mol. The summed E-state index contributed by atoms with van der Waals surface area (Å²) >= 11 is 0. The molecule has 1 atom stereocenters. The number of sulfonamides is 2. The Bertz CT molecular complexity index is 756. The fraction of sp³-hybridized carbons (Fsp3) is 0.538. The molecule has 0 amide bonds. The van der Waals surface area contributed by atoms with Gasteiger partial charge >= 0.3 is 0 Å². The van der Waals surface area contributed by atoms with Gasteiger partial charge in [-0.1, -0.05) is 6.07 Å². The second-order valence-corrected chi connectivity index (χ2v) is 8.92. The third kappa shape index (κ3) is 4.49. The summed E-state index contributed by atoms with van der Waals surface area (Å²) in [5.74, 6) is 0. The van der Waals surface area contributed by atoms with Gasteiger partial charge in [0.05, 0.1) is 21.9 Å². The van der Waals surface area contributed by atoms with Gasteiger partial charge in [-0.2, -0.15) is 0 Å². The number of methoxy groups -OCH3 is 1. The molecule has 1 aliphatic heterocycles. The first-order valence-corrected chi connectivity index (χ1v) is 10.1. The lowest BCUT2D eigenvalue weighted by molar-refractivity contribution is 0.122. The summed E-state index contributed by atoms with van der Waals surface area (Å²) in [4.78, 5) is -0.388. The molecule has 10 heteroatoms. The summed E-state index contributed by atoms with van der Waals surface area (Å²) in [6.07, 6.45) is 1.73. The Labute approximate surface area is 136 Å². The topological polar surface area (TPSA) is 128 Å². The van der Waals surface area contributed by atoms with Crippen molar-refractivity contribution in [3.8, 4) is 0 Å². The molecular formula is C13H21N3O5S2. The highest BCUT2D eigenvalue weighted by Gasteiger charge is 2.34. The van der Waals surface area contributed by atoms with E-state index < -0.39 is 25.6 Å². The SMILES string of the molecule is COCC1(CNS(=O)(=O)c2cccc(S(N)(=O)=O)c2)CCCN1. The molecule has 1 heterocycles. The Morgan fingerprint density at radius 2 is 2.00 bits per heavy atom. The molecule has 0 saturated carbocycles. The van der Waals surface area contributed by atoms with Crippen molar-refractivity contribution >= 4 is 20.0 Å². The third-order valence-corrected chi connectivity index (χ3v) is 6.11. The highest BCUT2D eigenvalue weighted by molar-refractivity contribution is 7.90. The minimum atomic E-state index is -3.96. The van der Waals surface area contributed by atoms with Crippen molar-refractivity contribution < 1.29 is 21.6 Å². The van der Waals surface area contributed by atoms with Crippen LogP contribution in [0.4, 0.5) is 0 Å². The van der Waals surface area contributed by atoms with Crippen molar-refractivity contribution in [1.82, 2.24) is 10.0 Å². The maximum Gasteiger partial charge on any atom is 0.240 e. The van der Waals surface area contributed by atoms with Crippen LogP contribution in [0.15, 0.2) is 34.1 Å². The molecule has 23 heavy (non-hydrogen) atoms. The summed E-state index contributed by atoms with van der Waals surface area (Å²) in [5.41, 5.74) is -0.445. The van der Waals surface area contributed by atoms with Gasteiger partial charge in [0.25, 0.3) is 0 Å². The summed E-state index contributed by atoms with van der Waals surface area (Å²) in [6.45, 7) is 1.33. The molecule has 8 nitrogen and oxygen atoms in total. The second kappa shape index (κ2) is 6.83. The molecule has 0 radical (unpaired) electrons. The molecule has 0 bridgehead atoms. The first-order chi connectivity index (χ1) is 10.7. The number of hydrogen-bond acceptors (Lipinski definition) is 6. The Kier molecular flexibility index (Phi) is 5.44. The van der Waals surface area contributed by atoms with Gasteiger partial charge in [0.1, 0.15) is 0 Å². The number of hydrogen-bond donors (Lipinski definition) is 3. The molecule has 130 valence electrons. The molecule has 0 aliphatic carbocycles. The van der Waals surface area contributed by atoms with E-state index in [4.69, 9.17) is 9.88 Å². The highest BCUT2D eigenvalue weighted by Crippen LogP contribution is 2.20. The van der Waals surface area contributed by atoms with Crippen molar-refractivity contribution in [3.63, 3.8) is 0 Å². The molecule has 2 rings (SSSR count). The van der Waals surface area contributed by atoms with Gasteiger partial charge in [-0.15, -0.1) is 0 Å². The molecule has 1 unspecified atom stereocenters. The van der Waals surface area contributed by atoms with Gasteiger partial charge in [0.2, 0.25) is 20.0 Å². The minimum absolute atomic E-state index is 0.144. The second-order valence-electron chi connectivity index (χ2n) is 5.59. The van der Waals surface area contributed by atoms with Gasteiger partial charge in [0, 0.05) is 13.7 Å². The van der Waals surface area contributed by atoms with Crippen LogP contribution in [-0.4, -0.2) is 49.2 Å². The van der Waals surface area contributed by atoms with Crippen molar-refractivity contribution in [3.05, 3.63) is 24.3 Å². The van der Waals surface area contributed by atoms with E-state index in [1.165, 1.54) is 18.2 Å². The molecule has 0 spiro atoms. The lowest BCUT2D eigenvalue weighted by Gasteiger charge is -2.28. The fourth-order valence-corrected chi connectivity index (χ4v) is 4.41. The summed E-state index contributed by atoms with van der Waals surface area (Å²) in [7, 11) is -6.25. The van der Waals surface area contributed by atoms with E-state index >= 15 is 0 Å². The van der Waals surface area contributed by atoms with Crippen LogP contribution in [0.25, 0.3) is 0 Å². The van der Waals surface area contributed by atoms with Crippen LogP contribution < -0.4 is 15.2 Å². The largest absolute Gasteiger partial charge is 0.383 e. The maximum absolute atomic E-state index is 12.4. The van der Waals surface area contributed by atoms with E-state index in [9.17, 15) is 16.8 Å². The number of rotatable bonds is 7. The molecule has 1 fully saturated rings. The van der Waals surface area contributed by atoms with Crippen molar-refractivity contribution in [2.24, 2.45) is 5.14 Å². The molecule has 1 aromatic carbocycles. The fourth-order valence-electron chi connectivity index (χ4n) is 2.60. The number of primary sulfonamides is 1. The lowest BCUT2D eigenvalue weighted by Crippen LogP contribution is -2.52. The molecule has 4 N–H and O–H groups in total. The zero-order chi connectivity index (χ0) is 17.1. The number of nitrogens with two attached hydrogens (primary N) is 1. The van der Waals surface area contributed by atoms with Crippen LogP contribution in [0.2, 0.25) is 0 Å². The van der Waals surface area contributed by atoms with Crippen LogP contribution in [0, 0.1) is 0 Å². The van der Waals surface area contributed by atoms with Crippen LogP contribution >= 0.6 is 0 Å². The van der Waals surface area contributed by atoms with E-state index in [1.807, 2.05) is 0 Å². The lowest BCUT2D eigenvalue weighted by atomic mass is 9.99. The van der Waals surface area contributed by atoms with Gasteiger partial charge in [-0.3, -0.25) is 0 Å². The van der Waals surface area contributed by atoms with Gasteiger partial charge < -0.3 is 10.1 Å². The van der Waals surface area contributed by atoms with Gasteiger partial charge in [0.15, 0.2) is 0 Å². The van der Waals surface area contributed by atoms with E-state index in [0.717, 1.165) is 25.5 Å². The van der Waals surface area contributed by atoms with Crippen molar-refractivity contribution in [1.29, 1.82) is 0 Å². The zero-order valence-corrected chi connectivity index (χ0v) is 14.4. The maximum atomic E-state index is 12.4. The normalized spacial score (nSPS) is 22.3. The van der Waals surface area contributed by atoms with Crippen LogP contribution in [0.5, 0.6) is 0 Å². The Balaban J connectivity index is 2.19. The van der Waals surface area contributed by atoms with Crippen LogP contribution in [-0.2, 0) is 24.8 Å². The quantitative estimate of drug-likeness (QED) is 0.592. The molecule has 1 aromatic rings. The Morgan fingerprint density at radius 3 is 2.57 bits per heavy atom. The molecule has 1 aliphatic rings. The standard InChI is InChI=1S/C13H21N3O5S2/c1-21-10-13(6-3-7-15-13)9-16-23(19,20)12-5-2-4-11(8-12)22(14,17)18/h2,4-5,8,15-16H,3,6-7,9-10H2,1H3,(H2,14,17,18). The van der Waals surface area contributed by atoms with E-state index in [-0.39, 0.29) is 16.3 Å². The summed E-state index contributed by atoms with van der Waals surface area (Å²) in [6, 6.07) is 4.96. The predicted octanol–water partition coefficient (Wildman–Crippen LogP) is -0.619. The van der Waals surface area contributed by atoms with Gasteiger partial charge in [-0.05, 0) is 37.6 Å². The Hall–Kier alpha value is -1.04. The smallest absolute Gasteiger partial charge is 0.240 e. The van der Waals surface area contributed by atoms with E-state index in [0.29, 0.717) is 6.61 Å².